The number of carboxylic acid groups (broad SMARTS) is 1. The van der Waals surface area contributed by atoms with Gasteiger partial charge in [-0.15, -0.1) is 0 Å². The molecule has 1 aromatic carbocycles. The Balaban J connectivity index is 1.42. The lowest BCUT2D eigenvalue weighted by atomic mass is 9.89. The fraction of sp³-hybridized carbons (Fsp3) is 0.417. The molecule has 2 N–H and O–H groups in total. The summed E-state index contributed by atoms with van der Waals surface area (Å²) in [6.07, 6.45) is 2.01. The van der Waals surface area contributed by atoms with Crippen LogP contribution in [-0.2, 0) is 4.79 Å². The van der Waals surface area contributed by atoms with Crippen LogP contribution < -0.4 is 10.2 Å². The van der Waals surface area contributed by atoms with E-state index in [0.29, 0.717) is 62.0 Å². The summed E-state index contributed by atoms with van der Waals surface area (Å²) in [6, 6.07) is 13.2. The van der Waals surface area contributed by atoms with Gasteiger partial charge in [-0.25, -0.2) is 9.78 Å². The molecule has 2 amide bonds. The Hall–Kier alpha value is -3.31. The molecular weight excluding hydrogens is 442 g/mol. The van der Waals surface area contributed by atoms with Crippen molar-refractivity contribution in [2.45, 2.75) is 18.8 Å². The van der Waals surface area contributed by atoms with Gasteiger partial charge in [-0.3, -0.25) is 4.79 Å². The number of nitrogens with one attached hydrogen (secondary N) is 1. The van der Waals surface area contributed by atoms with Gasteiger partial charge in [-0.2, -0.15) is 5.26 Å². The van der Waals surface area contributed by atoms with Crippen molar-refractivity contribution in [2.75, 3.05) is 37.6 Å². The van der Waals surface area contributed by atoms with E-state index >= 15 is 0 Å². The van der Waals surface area contributed by atoms with Crippen molar-refractivity contribution in [2.24, 2.45) is 11.8 Å². The van der Waals surface area contributed by atoms with Gasteiger partial charge in [0.05, 0.1) is 5.56 Å². The van der Waals surface area contributed by atoms with E-state index in [1.165, 1.54) is 0 Å². The van der Waals surface area contributed by atoms with Crippen LogP contribution in [0.3, 0.4) is 0 Å². The van der Waals surface area contributed by atoms with Gasteiger partial charge in [0.2, 0.25) is 5.91 Å². The van der Waals surface area contributed by atoms with Crippen LogP contribution in [0.4, 0.5) is 10.6 Å². The molecule has 0 aliphatic carbocycles. The van der Waals surface area contributed by atoms with Gasteiger partial charge in [-0.1, -0.05) is 23.7 Å². The number of hydrogen-bond donors (Lipinski definition) is 2. The van der Waals surface area contributed by atoms with Gasteiger partial charge in [0, 0.05) is 61.7 Å². The van der Waals surface area contributed by atoms with Crippen LogP contribution in [0.1, 0.15) is 29.9 Å². The molecule has 2 aliphatic rings. The number of likely N-dealkylation sites (tertiary alicyclic amines) is 1. The Bertz CT molecular complexity index is 1050. The minimum absolute atomic E-state index is 0.00183. The van der Waals surface area contributed by atoms with Gasteiger partial charge in [0.15, 0.2) is 0 Å². The van der Waals surface area contributed by atoms with E-state index in [9.17, 15) is 14.9 Å². The number of rotatable bonds is 5. The number of carbonyl (C=O) groups excluding carboxylic acids is 1. The quantitative estimate of drug-likeness (QED) is 0.698. The van der Waals surface area contributed by atoms with Gasteiger partial charge in [-0.05, 0) is 42.7 Å². The van der Waals surface area contributed by atoms with Gasteiger partial charge >= 0.3 is 6.09 Å². The fourth-order valence-corrected chi connectivity index (χ4v) is 5.02. The molecule has 2 fully saturated rings. The Morgan fingerprint density at radius 2 is 1.91 bits per heavy atom. The number of amides is 2. The van der Waals surface area contributed by atoms with Crippen LogP contribution in [0.25, 0.3) is 0 Å². The number of pyridine rings is 1. The zero-order valence-electron chi connectivity index (χ0n) is 18.2. The smallest absolute Gasteiger partial charge is 0.404 e. The lowest BCUT2D eigenvalue weighted by Crippen LogP contribution is -2.42. The second-order valence-corrected chi connectivity index (χ2v) is 9.03. The van der Waals surface area contributed by atoms with E-state index in [1.54, 1.807) is 18.3 Å². The summed E-state index contributed by atoms with van der Waals surface area (Å²) >= 11 is 6.03. The van der Waals surface area contributed by atoms with Crippen LogP contribution in [0.2, 0.25) is 5.02 Å². The van der Waals surface area contributed by atoms with Crippen LogP contribution >= 0.6 is 11.6 Å². The molecule has 3 heterocycles. The number of hydrogen-bond acceptors (Lipinski definition) is 5. The number of halogens is 1. The Kier molecular flexibility index (Phi) is 6.99. The van der Waals surface area contributed by atoms with E-state index in [1.807, 2.05) is 29.2 Å². The number of carbonyl (C=O) groups is 2. The molecule has 172 valence electrons. The van der Waals surface area contributed by atoms with E-state index in [2.05, 4.69) is 21.3 Å². The summed E-state index contributed by atoms with van der Waals surface area (Å²) in [7, 11) is 0. The number of benzene rings is 1. The zero-order chi connectivity index (χ0) is 23.4. The predicted octanol–water partition coefficient (Wildman–Crippen LogP) is 3.33. The molecule has 9 heteroatoms. The number of nitrogens with zero attached hydrogens (tertiary/aromatic N) is 4. The molecule has 2 aliphatic heterocycles. The van der Waals surface area contributed by atoms with E-state index in [-0.39, 0.29) is 23.7 Å². The van der Waals surface area contributed by atoms with Gasteiger partial charge in [0.1, 0.15) is 11.9 Å². The van der Waals surface area contributed by atoms with Crippen LogP contribution in [0, 0.1) is 23.2 Å². The Labute approximate surface area is 197 Å². The maximum atomic E-state index is 13.4. The molecular formula is C24H26ClN5O3. The van der Waals surface area contributed by atoms with Gasteiger partial charge in [0.25, 0.3) is 0 Å². The molecule has 0 saturated carbocycles. The molecule has 1 aromatic heterocycles. The molecule has 0 radical (unpaired) electrons. The number of piperidine rings is 1. The summed E-state index contributed by atoms with van der Waals surface area (Å²) in [5, 5.41) is 21.5. The second-order valence-electron chi connectivity index (χ2n) is 8.60. The van der Waals surface area contributed by atoms with Crippen molar-refractivity contribution in [3.05, 3.63) is 58.7 Å². The molecule has 4 rings (SSSR count). The lowest BCUT2D eigenvalue weighted by molar-refractivity contribution is -0.135. The minimum Gasteiger partial charge on any atom is -0.465 e. The monoisotopic (exact) mass is 467 g/mol. The molecule has 2 saturated heterocycles. The third kappa shape index (κ3) is 5.20. The van der Waals surface area contributed by atoms with E-state index in [0.717, 1.165) is 5.56 Å². The highest BCUT2D eigenvalue weighted by molar-refractivity contribution is 6.30. The highest BCUT2D eigenvalue weighted by Gasteiger charge is 2.39. The third-order valence-corrected chi connectivity index (χ3v) is 6.87. The average Bonchev–Trinajstić information content (AvgIpc) is 3.27. The van der Waals surface area contributed by atoms with E-state index in [4.69, 9.17) is 16.7 Å². The molecule has 33 heavy (non-hydrogen) atoms. The first kappa shape index (κ1) is 22.9. The summed E-state index contributed by atoms with van der Waals surface area (Å²) < 4.78 is 0. The van der Waals surface area contributed by atoms with Crippen LogP contribution in [-0.4, -0.2) is 59.7 Å². The lowest BCUT2D eigenvalue weighted by Gasteiger charge is -2.34. The topological polar surface area (TPSA) is 110 Å². The number of nitriles is 1. The van der Waals surface area contributed by atoms with Crippen molar-refractivity contribution in [3.8, 4) is 6.07 Å². The van der Waals surface area contributed by atoms with Crippen molar-refractivity contribution >= 4 is 29.4 Å². The first-order chi connectivity index (χ1) is 16.0. The Morgan fingerprint density at radius 3 is 2.58 bits per heavy atom. The maximum Gasteiger partial charge on any atom is 0.404 e. The standard InChI is InChI=1S/C24H26ClN5O3/c25-20-5-3-16(4-6-20)21-15-30(14-19(21)13-28-24(32)33)23(31)17-7-10-29(11-8-17)22-18(12-26)2-1-9-27-22/h1-6,9,17,19,21,28H,7-8,10-11,13-15H2,(H,32,33)/t19-,21-/m0/s1. The largest absolute Gasteiger partial charge is 0.465 e. The molecule has 0 unspecified atom stereocenters. The molecule has 2 atom stereocenters. The number of aromatic nitrogens is 1. The van der Waals surface area contributed by atoms with Crippen molar-refractivity contribution in [3.63, 3.8) is 0 Å². The van der Waals surface area contributed by atoms with E-state index < -0.39 is 6.09 Å². The first-order valence-corrected chi connectivity index (χ1v) is 11.4. The molecule has 0 bridgehead atoms. The van der Waals surface area contributed by atoms with Crippen molar-refractivity contribution in [1.82, 2.24) is 15.2 Å². The maximum absolute atomic E-state index is 13.4. The SMILES string of the molecule is N#Cc1cccnc1N1CCC(C(=O)N2C[C@H](CNC(=O)O)[C@H](c3ccc(Cl)cc3)C2)CC1. The highest BCUT2D eigenvalue weighted by Crippen LogP contribution is 2.35. The second kappa shape index (κ2) is 10.1. The third-order valence-electron chi connectivity index (χ3n) is 6.62. The molecule has 2 aromatic rings. The minimum atomic E-state index is -1.06. The Morgan fingerprint density at radius 1 is 1.18 bits per heavy atom. The molecule has 8 nitrogen and oxygen atoms in total. The van der Waals surface area contributed by atoms with Crippen molar-refractivity contribution in [1.29, 1.82) is 5.26 Å². The van der Waals surface area contributed by atoms with Crippen LogP contribution in [0.5, 0.6) is 0 Å². The fourth-order valence-electron chi connectivity index (χ4n) is 4.90. The van der Waals surface area contributed by atoms with Crippen LogP contribution in [0.15, 0.2) is 42.6 Å². The highest BCUT2D eigenvalue weighted by atomic mass is 35.5. The zero-order valence-corrected chi connectivity index (χ0v) is 18.9. The summed E-state index contributed by atoms with van der Waals surface area (Å²) in [5.41, 5.74) is 1.60. The summed E-state index contributed by atoms with van der Waals surface area (Å²) in [6.45, 7) is 2.71. The normalized spacial score (nSPS) is 21.0. The first-order valence-electron chi connectivity index (χ1n) is 11.1. The van der Waals surface area contributed by atoms with Gasteiger partial charge < -0.3 is 20.2 Å². The summed E-state index contributed by atoms with van der Waals surface area (Å²) in [4.78, 5) is 32.7. The van der Waals surface area contributed by atoms with Crippen molar-refractivity contribution < 1.29 is 14.7 Å². The summed E-state index contributed by atoms with van der Waals surface area (Å²) in [5.74, 6) is 0.748. The number of anilines is 1. The predicted molar refractivity (Wildman–Crippen MR) is 124 cm³/mol. The average molecular weight is 468 g/mol. The molecule has 0 spiro atoms.